The van der Waals surface area contributed by atoms with Crippen LogP contribution in [0.1, 0.15) is 24.8 Å². The summed E-state index contributed by atoms with van der Waals surface area (Å²) in [6.45, 7) is 2.59. The van der Waals surface area contributed by atoms with Crippen molar-refractivity contribution in [3.05, 3.63) is 48.0 Å². The number of aliphatic hydroxyl groups excluding tert-OH is 1. The molecule has 0 saturated heterocycles. The molecule has 0 aliphatic heterocycles. The minimum atomic E-state index is 0.0945. The number of benzene rings is 2. The fourth-order valence-electron chi connectivity index (χ4n) is 2.76. The molecule has 21 heavy (non-hydrogen) atoms. The number of fused-ring (bicyclic) bond motifs is 1. The Morgan fingerprint density at radius 2 is 2.05 bits per heavy atom. The summed E-state index contributed by atoms with van der Waals surface area (Å²) in [7, 11) is 0. The molecule has 1 fully saturated rings. The highest BCUT2D eigenvalue weighted by atomic mass is 16.3. The summed E-state index contributed by atoms with van der Waals surface area (Å²) in [5.74, 6) is 0.677. The molecule has 0 heterocycles. The summed E-state index contributed by atoms with van der Waals surface area (Å²) in [4.78, 5) is 12.1. The standard InChI is InChI=1S/C18H21NO2/c1-12(11-20)10-19-18(21)17-9-16(17)15-7-6-13-4-2-3-5-14(13)8-15/h2-8,12,16-17,20H,9-11H2,1H3,(H,19,21). The number of aliphatic hydroxyl groups is 1. The van der Waals surface area contributed by atoms with Crippen LogP contribution >= 0.6 is 0 Å². The Labute approximate surface area is 125 Å². The van der Waals surface area contributed by atoms with Gasteiger partial charge in [-0.15, -0.1) is 0 Å². The molecule has 3 heteroatoms. The number of rotatable bonds is 5. The molecule has 3 rings (SSSR count). The first-order valence-corrected chi connectivity index (χ1v) is 7.56. The van der Waals surface area contributed by atoms with Gasteiger partial charge in [-0.25, -0.2) is 0 Å². The fraction of sp³-hybridized carbons (Fsp3) is 0.389. The number of amides is 1. The summed E-state index contributed by atoms with van der Waals surface area (Å²) in [6, 6.07) is 14.8. The zero-order valence-electron chi connectivity index (χ0n) is 12.3. The van der Waals surface area contributed by atoms with Crippen molar-refractivity contribution < 1.29 is 9.90 Å². The first-order valence-electron chi connectivity index (χ1n) is 7.56. The molecule has 3 atom stereocenters. The zero-order chi connectivity index (χ0) is 14.8. The summed E-state index contributed by atoms with van der Waals surface area (Å²) < 4.78 is 0. The molecule has 0 bridgehead atoms. The van der Waals surface area contributed by atoms with Crippen molar-refractivity contribution in [2.45, 2.75) is 19.3 Å². The van der Waals surface area contributed by atoms with Crippen LogP contribution in [-0.2, 0) is 4.79 Å². The third-order valence-corrected chi connectivity index (χ3v) is 4.27. The van der Waals surface area contributed by atoms with E-state index in [0.717, 1.165) is 6.42 Å². The number of hydrogen-bond donors (Lipinski definition) is 2. The van der Waals surface area contributed by atoms with E-state index in [-0.39, 0.29) is 24.3 Å². The van der Waals surface area contributed by atoms with Crippen molar-refractivity contribution >= 4 is 16.7 Å². The van der Waals surface area contributed by atoms with Crippen molar-refractivity contribution in [1.29, 1.82) is 0 Å². The van der Waals surface area contributed by atoms with E-state index < -0.39 is 0 Å². The fourth-order valence-corrected chi connectivity index (χ4v) is 2.76. The topological polar surface area (TPSA) is 49.3 Å². The van der Waals surface area contributed by atoms with Gasteiger partial charge in [0.15, 0.2) is 0 Å². The number of carbonyl (C=O) groups is 1. The maximum Gasteiger partial charge on any atom is 0.223 e. The second-order valence-corrected chi connectivity index (χ2v) is 6.09. The largest absolute Gasteiger partial charge is 0.396 e. The highest BCUT2D eigenvalue weighted by Gasteiger charge is 2.43. The van der Waals surface area contributed by atoms with Gasteiger partial charge in [-0.2, -0.15) is 0 Å². The van der Waals surface area contributed by atoms with Crippen molar-refractivity contribution in [3.63, 3.8) is 0 Å². The molecule has 3 nitrogen and oxygen atoms in total. The van der Waals surface area contributed by atoms with Gasteiger partial charge in [0, 0.05) is 19.1 Å². The number of nitrogens with one attached hydrogen (secondary N) is 1. The van der Waals surface area contributed by atoms with Crippen molar-refractivity contribution in [2.75, 3.05) is 13.2 Å². The van der Waals surface area contributed by atoms with Crippen LogP contribution in [0.25, 0.3) is 10.8 Å². The second kappa shape index (κ2) is 5.86. The van der Waals surface area contributed by atoms with E-state index in [2.05, 4.69) is 35.6 Å². The van der Waals surface area contributed by atoms with Crippen LogP contribution in [0.15, 0.2) is 42.5 Å². The van der Waals surface area contributed by atoms with Crippen molar-refractivity contribution in [2.24, 2.45) is 11.8 Å². The molecule has 2 aromatic rings. The third kappa shape index (κ3) is 3.08. The SMILES string of the molecule is CC(CO)CNC(=O)C1CC1c1ccc2ccccc2c1. The Kier molecular flexibility index (Phi) is 3.93. The molecular formula is C18H21NO2. The van der Waals surface area contributed by atoms with E-state index in [1.165, 1.54) is 16.3 Å². The quantitative estimate of drug-likeness (QED) is 0.886. The first kappa shape index (κ1) is 14.1. The number of hydrogen-bond acceptors (Lipinski definition) is 2. The molecule has 2 N–H and O–H groups in total. The van der Waals surface area contributed by atoms with Crippen LogP contribution in [0.3, 0.4) is 0 Å². The molecule has 1 saturated carbocycles. The molecule has 1 aliphatic rings. The normalized spacial score (nSPS) is 22.0. The lowest BCUT2D eigenvalue weighted by atomic mass is 10.0. The van der Waals surface area contributed by atoms with Gasteiger partial charge in [0.05, 0.1) is 0 Å². The van der Waals surface area contributed by atoms with E-state index >= 15 is 0 Å². The molecule has 2 aromatic carbocycles. The minimum absolute atomic E-state index is 0.0945. The minimum Gasteiger partial charge on any atom is -0.396 e. The zero-order valence-corrected chi connectivity index (χ0v) is 12.3. The Balaban J connectivity index is 1.64. The molecule has 0 radical (unpaired) electrons. The van der Waals surface area contributed by atoms with Gasteiger partial charge < -0.3 is 10.4 Å². The summed E-state index contributed by atoms with van der Waals surface area (Å²) >= 11 is 0. The van der Waals surface area contributed by atoms with Gasteiger partial charge in [-0.3, -0.25) is 4.79 Å². The predicted octanol–water partition coefficient (Wildman–Crippen LogP) is 2.69. The van der Waals surface area contributed by atoms with Crippen LogP contribution in [0.5, 0.6) is 0 Å². The highest BCUT2D eigenvalue weighted by Crippen LogP contribution is 2.48. The monoisotopic (exact) mass is 283 g/mol. The Morgan fingerprint density at radius 1 is 1.29 bits per heavy atom. The molecule has 1 aliphatic carbocycles. The molecule has 1 amide bonds. The van der Waals surface area contributed by atoms with E-state index in [0.29, 0.717) is 12.5 Å². The van der Waals surface area contributed by atoms with Crippen molar-refractivity contribution in [3.8, 4) is 0 Å². The molecule has 110 valence electrons. The summed E-state index contributed by atoms with van der Waals surface area (Å²) in [5, 5.41) is 14.4. The molecular weight excluding hydrogens is 262 g/mol. The van der Waals surface area contributed by atoms with Gasteiger partial charge in [-0.1, -0.05) is 49.4 Å². The highest BCUT2D eigenvalue weighted by molar-refractivity contribution is 5.85. The van der Waals surface area contributed by atoms with Crippen molar-refractivity contribution in [1.82, 2.24) is 5.32 Å². The van der Waals surface area contributed by atoms with E-state index in [1.807, 2.05) is 19.1 Å². The van der Waals surface area contributed by atoms with Crippen LogP contribution in [0.4, 0.5) is 0 Å². The lowest BCUT2D eigenvalue weighted by Crippen LogP contribution is -2.31. The maximum atomic E-state index is 12.1. The summed E-state index contributed by atoms with van der Waals surface area (Å²) in [6.07, 6.45) is 0.928. The van der Waals surface area contributed by atoms with Crippen LogP contribution in [0, 0.1) is 11.8 Å². The van der Waals surface area contributed by atoms with Gasteiger partial charge in [0.1, 0.15) is 0 Å². The maximum absolute atomic E-state index is 12.1. The number of carbonyl (C=O) groups excluding carboxylic acids is 1. The average Bonchev–Trinajstić information content (AvgIpc) is 3.32. The first-order chi connectivity index (χ1) is 10.2. The Hall–Kier alpha value is -1.87. The predicted molar refractivity (Wildman–Crippen MR) is 84.1 cm³/mol. The van der Waals surface area contributed by atoms with Gasteiger partial charge in [-0.05, 0) is 34.6 Å². The molecule has 0 spiro atoms. The van der Waals surface area contributed by atoms with Gasteiger partial charge in [0.2, 0.25) is 5.91 Å². The van der Waals surface area contributed by atoms with E-state index in [9.17, 15) is 4.79 Å². The molecule has 3 unspecified atom stereocenters. The lowest BCUT2D eigenvalue weighted by molar-refractivity contribution is -0.122. The Bertz CT molecular complexity index is 652. The molecule has 0 aromatic heterocycles. The second-order valence-electron chi connectivity index (χ2n) is 6.09. The van der Waals surface area contributed by atoms with Crippen LogP contribution < -0.4 is 5.32 Å². The average molecular weight is 283 g/mol. The van der Waals surface area contributed by atoms with Crippen LogP contribution in [0.2, 0.25) is 0 Å². The lowest BCUT2D eigenvalue weighted by Gasteiger charge is -2.09. The van der Waals surface area contributed by atoms with E-state index in [1.54, 1.807) is 0 Å². The van der Waals surface area contributed by atoms with Gasteiger partial charge >= 0.3 is 0 Å². The van der Waals surface area contributed by atoms with E-state index in [4.69, 9.17) is 5.11 Å². The third-order valence-electron chi connectivity index (χ3n) is 4.27. The van der Waals surface area contributed by atoms with Crippen LogP contribution in [-0.4, -0.2) is 24.2 Å². The summed E-state index contributed by atoms with van der Waals surface area (Å²) in [5.41, 5.74) is 1.25. The Morgan fingerprint density at radius 3 is 2.81 bits per heavy atom. The van der Waals surface area contributed by atoms with Gasteiger partial charge in [0.25, 0.3) is 0 Å². The smallest absolute Gasteiger partial charge is 0.223 e.